The van der Waals surface area contributed by atoms with E-state index in [-0.39, 0.29) is 24.0 Å². The number of benzene rings is 2. The summed E-state index contributed by atoms with van der Waals surface area (Å²) in [5.41, 5.74) is 3.88. The van der Waals surface area contributed by atoms with E-state index in [1.807, 2.05) is 19.2 Å². The van der Waals surface area contributed by atoms with E-state index in [0.717, 1.165) is 77.3 Å². The van der Waals surface area contributed by atoms with Gasteiger partial charge in [0, 0.05) is 65.1 Å². The van der Waals surface area contributed by atoms with Gasteiger partial charge in [0.15, 0.2) is 5.96 Å². The smallest absolute Gasteiger partial charge is 0.194 e. The van der Waals surface area contributed by atoms with Crippen LogP contribution in [-0.4, -0.2) is 82.4 Å². The van der Waals surface area contributed by atoms with Gasteiger partial charge in [-0.3, -0.25) is 9.89 Å². The standard InChI is InChI=1S/C25H35N5O2.HI/c1-26-25(30-12-10-29(11-13-30)23-6-8-24(31-2)9-7-23)27-19-21-4-3-5-22(18-21)20-28-14-16-32-17-15-28;/h3-9,18H,10-17,19-20H2,1-2H3,(H,26,27);1H. The Hall–Kier alpha value is -2.04. The molecule has 0 spiro atoms. The predicted molar refractivity (Wildman–Crippen MR) is 145 cm³/mol. The molecule has 2 aliphatic heterocycles. The van der Waals surface area contributed by atoms with Crippen LogP contribution in [0.3, 0.4) is 0 Å². The summed E-state index contributed by atoms with van der Waals surface area (Å²) in [6.45, 7) is 9.30. The molecule has 0 radical (unpaired) electrons. The summed E-state index contributed by atoms with van der Waals surface area (Å²) in [5.74, 6) is 1.86. The van der Waals surface area contributed by atoms with Crippen molar-refractivity contribution in [2.45, 2.75) is 13.1 Å². The summed E-state index contributed by atoms with van der Waals surface area (Å²) >= 11 is 0. The average Bonchev–Trinajstić information content (AvgIpc) is 2.86. The first-order chi connectivity index (χ1) is 15.7. The van der Waals surface area contributed by atoms with Gasteiger partial charge in [-0.15, -0.1) is 24.0 Å². The zero-order valence-corrected chi connectivity index (χ0v) is 22.0. The summed E-state index contributed by atoms with van der Waals surface area (Å²) in [6.07, 6.45) is 0. The number of hydrogen-bond donors (Lipinski definition) is 1. The Morgan fingerprint density at radius 1 is 0.970 bits per heavy atom. The molecule has 0 atom stereocenters. The van der Waals surface area contributed by atoms with Crippen LogP contribution in [0, 0.1) is 0 Å². The lowest BCUT2D eigenvalue weighted by molar-refractivity contribution is 0.0342. The fourth-order valence-electron chi connectivity index (χ4n) is 4.34. The molecule has 1 N–H and O–H groups in total. The molecular formula is C25H36IN5O2. The molecule has 0 saturated carbocycles. The Kier molecular flexibility index (Phi) is 10.1. The van der Waals surface area contributed by atoms with Crippen LogP contribution < -0.4 is 15.0 Å². The molecular weight excluding hydrogens is 529 g/mol. The maximum atomic E-state index is 5.46. The molecule has 8 heteroatoms. The number of anilines is 1. The normalized spacial score (nSPS) is 17.5. The topological polar surface area (TPSA) is 52.6 Å². The highest BCUT2D eigenvalue weighted by Gasteiger charge is 2.20. The van der Waals surface area contributed by atoms with Crippen molar-refractivity contribution in [3.05, 3.63) is 59.7 Å². The quantitative estimate of drug-likeness (QED) is 0.330. The lowest BCUT2D eigenvalue weighted by atomic mass is 10.1. The van der Waals surface area contributed by atoms with Crippen LogP contribution in [-0.2, 0) is 17.8 Å². The van der Waals surface area contributed by atoms with Crippen LogP contribution in [0.5, 0.6) is 5.75 Å². The molecule has 0 bridgehead atoms. The largest absolute Gasteiger partial charge is 0.497 e. The number of halogens is 1. The van der Waals surface area contributed by atoms with Crippen molar-refractivity contribution in [1.29, 1.82) is 0 Å². The van der Waals surface area contributed by atoms with Gasteiger partial charge in [0.25, 0.3) is 0 Å². The van der Waals surface area contributed by atoms with Gasteiger partial charge in [0.2, 0.25) is 0 Å². The van der Waals surface area contributed by atoms with E-state index >= 15 is 0 Å². The number of nitrogens with one attached hydrogen (secondary N) is 1. The third-order valence-corrected chi connectivity index (χ3v) is 6.18. The minimum Gasteiger partial charge on any atom is -0.497 e. The molecule has 7 nitrogen and oxygen atoms in total. The molecule has 180 valence electrons. The third kappa shape index (κ3) is 7.22. The lowest BCUT2D eigenvalue weighted by Gasteiger charge is -2.37. The van der Waals surface area contributed by atoms with Crippen LogP contribution in [0.4, 0.5) is 5.69 Å². The van der Waals surface area contributed by atoms with Crippen molar-refractivity contribution < 1.29 is 9.47 Å². The first-order valence-corrected chi connectivity index (χ1v) is 11.5. The van der Waals surface area contributed by atoms with E-state index in [4.69, 9.17) is 9.47 Å². The molecule has 2 heterocycles. The number of rotatable bonds is 6. The first-order valence-electron chi connectivity index (χ1n) is 11.5. The number of piperazine rings is 1. The maximum Gasteiger partial charge on any atom is 0.194 e. The van der Waals surface area contributed by atoms with Crippen molar-refractivity contribution >= 4 is 35.6 Å². The second-order valence-electron chi connectivity index (χ2n) is 8.28. The number of nitrogens with zero attached hydrogens (tertiary/aromatic N) is 4. The minimum atomic E-state index is 0. The molecule has 0 aliphatic carbocycles. The van der Waals surface area contributed by atoms with Gasteiger partial charge in [-0.2, -0.15) is 0 Å². The molecule has 0 aromatic heterocycles. The number of ether oxygens (including phenoxy) is 2. The Balaban J connectivity index is 0.00000306. The molecule has 33 heavy (non-hydrogen) atoms. The Morgan fingerprint density at radius 2 is 1.67 bits per heavy atom. The van der Waals surface area contributed by atoms with Gasteiger partial charge < -0.3 is 24.6 Å². The van der Waals surface area contributed by atoms with E-state index in [9.17, 15) is 0 Å². The van der Waals surface area contributed by atoms with Crippen LogP contribution >= 0.6 is 24.0 Å². The first kappa shape index (κ1) is 25.6. The van der Waals surface area contributed by atoms with Crippen LogP contribution in [0.25, 0.3) is 0 Å². The van der Waals surface area contributed by atoms with Crippen molar-refractivity contribution in [2.24, 2.45) is 4.99 Å². The van der Waals surface area contributed by atoms with Gasteiger partial charge in [0.05, 0.1) is 20.3 Å². The van der Waals surface area contributed by atoms with E-state index in [0.29, 0.717) is 0 Å². The Bertz CT molecular complexity index is 879. The summed E-state index contributed by atoms with van der Waals surface area (Å²) in [5, 5.41) is 3.56. The fraction of sp³-hybridized carbons (Fsp3) is 0.480. The summed E-state index contributed by atoms with van der Waals surface area (Å²) in [4.78, 5) is 11.8. The van der Waals surface area contributed by atoms with E-state index in [1.54, 1.807) is 7.11 Å². The monoisotopic (exact) mass is 565 g/mol. The van der Waals surface area contributed by atoms with Crippen LogP contribution in [0.15, 0.2) is 53.5 Å². The van der Waals surface area contributed by atoms with Gasteiger partial charge in [-0.25, -0.2) is 0 Å². The molecule has 2 aromatic carbocycles. The van der Waals surface area contributed by atoms with Crippen molar-refractivity contribution in [3.63, 3.8) is 0 Å². The highest BCUT2D eigenvalue weighted by Crippen LogP contribution is 2.20. The number of morpholine rings is 1. The number of guanidine groups is 1. The van der Waals surface area contributed by atoms with Gasteiger partial charge in [0.1, 0.15) is 5.75 Å². The van der Waals surface area contributed by atoms with Crippen molar-refractivity contribution in [1.82, 2.24) is 15.1 Å². The summed E-state index contributed by atoms with van der Waals surface area (Å²) in [6, 6.07) is 17.2. The zero-order valence-electron chi connectivity index (χ0n) is 19.7. The second kappa shape index (κ2) is 13.0. The SMILES string of the molecule is CN=C(NCc1cccc(CN2CCOCC2)c1)N1CCN(c2ccc(OC)cc2)CC1.I. The fourth-order valence-corrected chi connectivity index (χ4v) is 4.34. The highest BCUT2D eigenvalue weighted by molar-refractivity contribution is 14.0. The molecule has 2 saturated heterocycles. The van der Waals surface area contributed by atoms with Crippen molar-refractivity contribution in [2.75, 3.05) is 71.5 Å². The lowest BCUT2D eigenvalue weighted by Crippen LogP contribution is -2.52. The highest BCUT2D eigenvalue weighted by atomic mass is 127. The predicted octanol–water partition coefficient (Wildman–Crippen LogP) is 3.04. The molecule has 2 fully saturated rings. The second-order valence-corrected chi connectivity index (χ2v) is 8.28. The third-order valence-electron chi connectivity index (χ3n) is 6.18. The van der Waals surface area contributed by atoms with Gasteiger partial charge in [-0.1, -0.05) is 24.3 Å². The Morgan fingerprint density at radius 3 is 2.33 bits per heavy atom. The average molecular weight is 566 g/mol. The maximum absolute atomic E-state index is 5.46. The van der Waals surface area contributed by atoms with Crippen LogP contribution in [0.1, 0.15) is 11.1 Å². The summed E-state index contributed by atoms with van der Waals surface area (Å²) < 4.78 is 10.7. The van der Waals surface area contributed by atoms with Crippen molar-refractivity contribution in [3.8, 4) is 5.75 Å². The van der Waals surface area contributed by atoms with E-state index in [2.05, 4.69) is 61.4 Å². The zero-order chi connectivity index (χ0) is 22.2. The van der Waals surface area contributed by atoms with Crippen LogP contribution in [0.2, 0.25) is 0 Å². The molecule has 4 rings (SSSR count). The summed E-state index contributed by atoms with van der Waals surface area (Å²) in [7, 11) is 3.57. The van der Waals surface area contributed by atoms with Gasteiger partial charge in [-0.05, 0) is 35.4 Å². The number of methoxy groups -OCH3 is 1. The number of hydrogen-bond acceptors (Lipinski definition) is 5. The molecule has 0 unspecified atom stereocenters. The number of aliphatic imine (C=N–C) groups is 1. The van der Waals surface area contributed by atoms with E-state index < -0.39 is 0 Å². The molecule has 2 aliphatic rings. The van der Waals surface area contributed by atoms with E-state index in [1.165, 1.54) is 16.8 Å². The van der Waals surface area contributed by atoms with Gasteiger partial charge >= 0.3 is 0 Å². The molecule has 2 aromatic rings. The minimum absolute atomic E-state index is 0. The molecule has 0 amide bonds. The Labute approximate surface area is 214 Å².